The predicted molar refractivity (Wildman–Crippen MR) is 68.9 cm³/mol. The normalized spacial score (nSPS) is 19.9. The molecule has 4 heteroatoms. The number of hydrogen-bond donors (Lipinski definition) is 1. The third-order valence-corrected chi connectivity index (χ3v) is 3.50. The van der Waals surface area contributed by atoms with Crippen molar-refractivity contribution in [3.05, 3.63) is 29.8 Å². The summed E-state index contributed by atoms with van der Waals surface area (Å²) in [4.78, 5) is 13.1. The lowest BCUT2D eigenvalue weighted by atomic mass is 10.1. The average Bonchev–Trinajstić information content (AvgIpc) is 2.85. The van der Waals surface area contributed by atoms with Crippen LogP contribution in [-0.2, 0) is 11.2 Å². The van der Waals surface area contributed by atoms with Crippen LogP contribution in [0.4, 0.5) is 0 Å². The highest BCUT2D eigenvalue weighted by molar-refractivity contribution is 5.73. The van der Waals surface area contributed by atoms with Crippen LogP contribution in [0.2, 0.25) is 0 Å². The second-order valence-electron chi connectivity index (χ2n) is 4.63. The molecule has 1 fully saturated rings. The van der Waals surface area contributed by atoms with E-state index in [1.54, 1.807) is 7.11 Å². The van der Waals surface area contributed by atoms with Gasteiger partial charge in [0.1, 0.15) is 11.8 Å². The molecule has 1 aromatic rings. The first-order chi connectivity index (χ1) is 8.70. The van der Waals surface area contributed by atoms with E-state index in [2.05, 4.69) is 4.90 Å². The Balaban J connectivity index is 1.88. The Morgan fingerprint density at radius 3 is 2.78 bits per heavy atom. The van der Waals surface area contributed by atoms with Crippen molar-refractivity contribution < 1.29 is 14.6 Å². The molecular weight excluding hydrogens is 230 g/mol. The highest BCUT2D eigenvalue weighted by atomic mass is 16.5. The predicted octanol–water partition coefficient (Wildman–Crippen LogP) is 1.79. The minimum atomic E-state index is -0.692. The molecule has 0 radical (unpaired) electrons. The summed E-state index contributed by atoms with van der Waals surface area (Å²) in [7, 11) is 1.65. The first-order valence-electron chi connectivity index (χ1n) is 6.30. The van der Waals surface area contributed by atoms with E-state index in [1.165, 1.54) is 5.56 Å². The molecule has 98 valence electrons. The highest BCUT2D eigenvalue weighted by Gasteiger charge is 2.29. The number of methoxy groups -OCH3 is 1. The van der Waals surface area contributed by atoms with Crippen LogP contribution in [-0.4, -0.2) is 42.2 Å². The van der Waals surface area contributed by atoms with E-state index in [-0.39, 0.29) is 6.04 Å². The zero-order valence-corrected chi connectivity index (χ0v) is 10.6. The molecule has 0 unspecified atom stereocenters. The molecule has 0 bridgehead atoms. The van der Waals surface area contributed by atoms with Crippen LogP contribution in [0.25, 0.3) is 0 Å². The van der Waals surface area contributed by atoms with E-state index >= 15 is 0 Å². The van der Waals surface area contributed by atoms with E-state index in [1.807, 2.05) is 24.3 Å². The maximum atomic E-state index is 11.0. The van der Waals surface area contributed by atoms with Crippen LogP contribution >= 0.6 is 0 Å². The number of benzene rings is 1. The van der Waals surface area contributed by atoms with E-state index in [0.29, 0.717) is 0 Å². The number of carboxylic acid groups (broad SMARTS) is 1. The molecule has 0 aromatic heterocycles. The molecule has 1 saturated heterocycles. The number of hydrogen-bond acceptors (Lipinski definition) is 3. The summed E-state index contributed by atoms with van der Waals surface area (Å²) in [5.41, 5.74) is 1.21. The fourth-order valence-corrected chi connectivity index (χ4v) is 2.44. The number of likely N-dealkylation sites (tertiary alicyclic amines) is 1. The Morgan fingerprint density at radius 1 is 1.44 bits per heavy atom. The van der Waals surface area contributed by atoms with Gasteiger partial charge in [0, 0.05) is 6.54 Å². The fraction of sp³-hybridized carbons (Fsp3) is 0.500. The van der Waals surface area contributed by atoms with Gasteiger partial charge in [-0.3, -0.25) is 9.69 Å². The SMILES string of the molecule is COc1ccc(CCN2CCC[C@@H]2C(=O)O)cc1. The maximum Gasteiger partial charge on any atom is 0.320 e. The summed E-state index contributed by atoms with van der Waals surface area (Å²) in [6, 6.07) is 7.65. The number of rotatable bonds is 5. The summed E-state index contributed by atoms with van der Waals surface area (Å²) in [6.07, 6.45) is 2.64. The van der Waals surface area contributed by atoms with Gasteiger partial charge in [-0.1, -0.05) is 12.1 Å². The van der Waals surface area contributed by atoms with E-state index in [0.717, 1.165) is 38.1 Å². The number of nitrogens with zero attached hydrogens (tertiary/aromatic N) is 1. The molecule has 0 spiro atoms. The van der Waals surface area contributed by atoms with Gasteiger partial charge in [0.2, 0.25) is 0 Å². The Hall–Kier alpha value is -1.55. The minimum Gasteiger partial charge on any atom is -0.497 e. The van der Waals surface area contributed by atoms with Crippen molar-refractivity contribution in [2.24, 2.45) is 0 Å². The van der Waals surface area contributed by atoms with Crippen molar-refractivity contribution in [1.82, 2.24) is 4.90 Å². The van der Waals surface area contributed by atoms with Gasteiger partial charge in [-0.25, -0.2) is 0 Å². The second-order valence-corrected chi connectivity index (χ2v) is 4.63. The molecule has 1 aliphatic rings. The first kappa shape index (κ1) is 12.9. The van der Waals surface area contributed by atoms with E-state index < -0.39 is 5.97 Å². The Labute approximate surface area is 107 Å². The molecule has 0 amide bonds. The zero-order valence-electron chi connectivity index (χ0n) is 10.6. The van der Waals surface area contributed by atoms with Crippen molar-refractivity contribution in [2.75, 3.05) is 20.2 Å². The number of aliphatic carboxylic acids is 1. The number of carboxylic acids is 1. The molecular formula is C14H19NO3. The maximum absolute atomic E-state index is 11.0. The van der Waals surface area contributed by atoms with Crippen LogP contribution in [0.3, 0.4) is 0 Å². The van der Waals surface area contributed by atoms with Crippen molar-refractivity contribution in [2.45, 2.75) is 25.3 Å². The molecule has 1 N–H and O–H groups in total. The summed E-state index contributed by atoms with van der Waals surface area (Å²) >= 11 is 0. The molecule has 2 rings (SSSR count). The third-order valence-electron chi connectivity index (χ3n) is 3.50. The molecule has 1 atom stereocenters. The smallest absolute Gasteiger partial charge is 0.320 e. The van der Waals surface area contributed by atoms with Gasteiger partial charge < -0.3 is 9.84 Å². The standard InChI is InChI=1S/C14H19NO3/c1-18-12-6-4-11(5-7-12)8-10-15-9-2-3-13(15)14(16)17/h4-7,13H,2-3,8-10H2,1H3,(H,16,17)/t13-/m1/s1. The Morgan fingerprint density at radius 2 is 2.17 bits per heavy atom. The fourth-order valence-electron chi connectivity index (χ4n) is 2.44. The topological polar surface area (TPSA) is 49.8 Å². The van der Waals surface area contributed by atoms with Gasteiger partial charge in [0.15, 0.2) is 0 Å². The summed E-state index contributed by atoms with van der Waals surface area (Å²) in [5.74, 6) is 0.158. The lowest BCUT2D eigenvalue weighted by molar-refractivity contribution is -0.142. The number of ether oxygens (including phenoxy) is 1. The molecule has 4 nitrogen and oxygen atoms in total. The third kappa shape index (κ3) is 3.01. The van der Waals surface area contributed by atoms with Crippen molar-refractivity contribution in [1.29, 1.82) is 0 Å². The number of carbonyl (C=O) groups is 1. The van der Waals surface area contributed by atoms with Gasteiger partial charge in [-0.2, -0.15) is 0 Å². The van der Waals surface area contributed by atoms with Crippen LogP contribution in [0.15, 0.2) is 24.3 Å². The van der Waals surface area contributed by atoms with Gasteiger partial charge in [0.25, 0.3) is 0 Å². The molecule has 1 heterocycles. The van der Waals surface area contributed by atoms with Crippen LogP contribution in [0.1, 0.15) is 18.4 Å². The average molecular weight is 249 g/mol. The lowest BCUT2D eigenvalue weighted by Crippen LogP contribution is -2.37. The van der Waals surface area contributed by atoms with E-state index in [4.69, 9.17) is 9.84 Å². The van der Waals surface area contributed by atoms with Crippen molar-refractivity contribution >= 4 is 5.97 Å². The Kier molecular flexibility index (Phi) is 4.20. The van der Waals surface area contributed by atoms with Crippen molar-refractivity contribution in [3.63, 3.8) is 0 Å². The molecule has 1 aromatic carbocycles. The minimum absolute atomic E-state index is 0.289. The summed E-state index contributed by atoms with van der Waals surface area (Å²) in [6.45, 7) is 1.70. The molecule has 0 saturated carbocycles. The van der Waals surface area contributed by atoms with Crippen LogP contribution in [0, 0.1) is 0 Å². The largest absolute Gasteiger partial charge is 0.497 e. The van der Waals surface area contributed by atoms with Gasteiger partial charge in [-0.05, 0) is 43.5 Å². The van der Waals surface area contributed by atoms with Gasteiger partial charge in [-0.15, -0.1) is 0 Å². The second kappa shape index (κ2) is 5.87. The Bertz CT molecular complexity index is 402. The first-order valence-corrected chi connectivity index (χ1v) is 6.30. The van der Waals surface area contributed by atoms with Gasteiger partial charge in [0.05, 0.1) is 7.11 Å². The van der Waals surface area contributed by atoms with Crippen molar-refractivity contribution in [3.8, 4) is 5.75 Å². The molecule has 18 heavy (non-hydrogen) atoms. The van der Waals surface area contributed by atoms with E-state index in [9.17, 15) is 4.79 Å². The highest BCUT2D eigenvalue weighted by Crippen LogP contribution is 2.18. The lowest BCUT2D eigenvalue weighted by Gasteiger charge is -2.20. The van der Waals surface area contributed by atoms with Crippen LogP contribution < -0.4 is 4.74 Å². The zero-order chi connectivity index (χ0) is 13.0. The summed E-state index contributed by atoms with van der Waals surface area (Å²) in [5, 5.41) is 9.09. The monoisotopic (exact) mass is 249 g/mol. The molecule has 1 aliphatic heterocycles. The van der Waals surface area contributed by atoms with Gasteiger partial charge >= 0.3 is 5.97 Å². The van der Waals surface area contributed by atoms with Crippen LogP contribution in [0.5, 0.6) is 5.75 Å². The summed E-state index contributed by atoms with van der Waals surface area (Å²) < 4.78 is 5.11. The quantitative estimate of drug-likeness (QED) is 0.864. The molecule has 0 aliphatic carbocycles.